The fourth-order valence-corrected chi connectivity index (χ4v) is 7.67. The number of hydrogen-bond acceptors (Lipinski definition) is 6. The molecule has 7 heteroatoms. The standard InChI is InChI=1S/C33H26N4OS2/c1-17(2)19-9-7-10-20(18(3)4)28(19)37-24-14-6-5-13-23(24)36-33(37)22-12-8-11-21-25-30(38-29(21)22)32-27(35-16-40-32)26-31(25)39-15-34-26/h5-18H,1-4H3. The lowest BCUT2D eigenvalue weighted by Gasteiger charge is -2.22. The van der Waals surface area contributed by atoms with Gasteiger partial charge in [-0.2, -0.15) is 0 Å². The predicted octanol–water partition coefficient (Wildman–Crippen LogP) is 10.1. The van der Waals surface area contributed by atoms with Crippen LogP contribution in [0.5, 0.6) is 0 Å². The topological polar surface area (TPSA) is 56.7 Å². The summed E-state index contributed by atoms with van der Waals surface area (Å²) in [4.78, 5) is 14.6. The quantitative estimate of drug-likeness (QED) is 0.216. The molecule has 8 rings (SSSR count). The Morgan fingerprint density at radius 3 is 2.15 bits per heavy atom. The molecule has 196 valence electrons. The van der Waals surface area contributed by atoms with Crippen molar-refractivity contribution >= 4 is 76.1 Å². The summed E-state index contributed by atoms with van der Waals surface area (Å²) < 4.78 is 11.3. The molecule has 0 saturated heterocycles. The van der Waals surface area contributed by atoms with Crippen molar-refractivity contribution in [2.75, 3.05) is 0 Å². The fourth-order valence-electron chi connectivity index (χ4n) is 6.05. The predicted molar refractivity (Wildman–Crippen MR) is 168 cm³/mol. The minimum absolute atomic E-state index is 0.351. The van der Waals surface area contributed by atoms with Crippen molar-refractivity contribution in [2.24, 2.45) is 0 Å². The average molecular weight is 559 g/mol. The first kappa shape index (κ1) is 23.8. The van der Waals surface area contributed by atoms with Gasteiger partial charge in [0, 0.05) is 10.8 Å². The molecule has 4 heterocycles. The van der Waals surface area contributed by atoms with Crippen LogP contribution in [0.2, 0.25) is 0 Å². The summed E-state index contributed by atoms with van der Waals surface area (Å²) >= 11 is 3.25. The number of rotatable bonds is 4. The van der Waals surface area contributed by atoms with Crippen LogP contribution < -0.4 is 0 Å². The number of furan rings is 1. The van der Waals surface area contributed by atoms with E-state index in [9.17, 15) is 0 Å². The minimum Gasteiger partial charge on any atom is -0.454 e. The van der Waals surface area contributed by atoms with Crippen LogP contribution in [0.25, 0.3) is 70.5 Å². The maximum atomic E-state index is 6.83. The highest BCUT2D eigenvalue weighted by Gasteiger charge is 2.26. The van der Waals surface area contributed by atoms with Gasteiger partial charge in [0.25, 0.3) is 0 Å². The Bertz CT molecular complexity index is 2220. The van der Waals surface area contributed by atoms with Crippen molar-refractivity contribution in [3.8, 4) is 17.1 Å². The third kappa shape index (κ3) is 3.22. The van der Waals surface area contributed by atoms with E-state index in [1.54, 1.807) is 22.7 Å². The second-order valence-corrected chi connectivity index (χ2v) is 12.6. The molecule has 40 heavy (non-hydrogen) atoms. The van der Waals surface area contributed by atoms with Crippen LogP contribution in [0.4, 0.5) is 0 Å². The molecule has 0 atom stereocenters. The molecule has 8 aromatic rings. The van der Waals surface area contributed by atoms with Gasteiger partial charge in [0.05, 0.1) is 42.7 Å². The molecule has 0 bridgehead atoms. The Labute approximate surface area is 238 Å². The molecule has 0 saturated carbocycles. The Balaban J connectivity index is 1.54. The molecule has 0 fully saturated rings. The van der Waals surface area contributed by atoms with E-state index in [4.69, 9.17) is 9.40 Å². The van der Waals surface area contributed by atoms with Gasteiger partial charge in [0.15, 0.2) is 5.58 Å². The van der Waals surface area contributed by atoms with E-state index in [1.807, 2.05) is 11.0 Å². The lowest BCUT2D eigenvalue weighted by molar-refractivity contribution is 0.674. The summed E-state index contributed by atoms with van der Waals surface area (Å²) in [5.41, 5.74) is 14.2. The van der Waals surface area contributed by atoms with E-state index in [0.717, 1.165) is 64.8 Å². The summed E-state index contributed by atoms with van der Waals surface area (Å²) in [5, 5.41) is 2.19. The van der Waals surface area contributed by atoms with Crippen molar-refractivity contribution in [3.63, 3.8) is 0 Å². The summed E-state index contributed by atoms with van der Waals surface area (Å²) in [6.07, 6.45) is 0. The highest BCUT2D eigenvalue weighted by atomic mass is 32.1. The second-order valence-electron chi connectivity index (χ2n) is 10.9. The molecule has 0 N–H and O–H groups in total. The smallest absolute Gasteiger partial charge is 0.156 e. The first-order valence-electron chi connectivity index (χ1n) is 13.6. The molecule has 0 aliphatic heterocycles. The van der Waals surface area contributed by atoms with Crippen LogP contribution >= 0.6 is 22.7 Å². The summed E-state index contributed by atoms with van der Waals surface area (Å²) in [5.74, 6) is 1.59. The van der Waals surface area contributed by atoms with Crippen LogP contribution in [0.1, 0.15) is 50.7 Å². The molecule has 0 aliphatic rings. The van der Waals surface area contributed by atoms with Gasteiger partial charge in [-0.3, -0.25) is 4.57 Å². The van der Waals surface area contributed by atoms with Crippen LogP contribution in [0.3, 0.4) is 0 Å². The number of fused-ring (bicyclic) bond motifs is 9. The highest BCUT2D eigenvalue weighted by Crippen LogP contribution is 2.46. The van der Waals surface area contributed by atoms with Gasteiger partial charge in [-0.15, -0.1) is 22.7 Å². The second kappa shape index (κ2) is 8.71. The molecule has 0 amide bonds. The zero-order chi connectivity index (χ0) is 27.1. The molecule has 4 aromatic carbocycles. The van der Waals surface area contributed by atoms with E-state index < -0.39 is 0 Å². The van der Waals surface area contributed by atoms with Gasteiger partial charge in [0.2, 0.25) is 0 Å². The molecule has 0 spiro atoms. The number of thiazole rings is 2. The van der Waals surface area contributed by atoms with E-state index >= 15 is 0 Å². The third-order valence-electron chi connectivity index (χ3n) is 7.88. The Kier molecular flexibility index (Phi) is 5.18. The van der Waals surface area contributed by atoms with Crippen molar-refractivity contribution in [3.05, 3.63) is 82.8 Å². The monoisotopic (exact) mass is 558 g/mol. The van der Waals surface area contributed by atoms with Gasteiger partial charge >= 0.3 is 0 Å². The van der Waals surface area contributed by atoms with Gasteiger partial charge in [-0.05, 0) is 41.2 Å². The first-order chi connectivity index (χ1) is 19.5. The molecule has 5 nitrogen and oxygen atoms in total. The summed E-state index contributed by atoms with van der Waals surface area (Å²) in [6.45, 7) is 9.06. The van der Waals surface area contributed by atoms with E-state index in [-0.39, 0.29) is 0 Å². The van der Waals surface area contributed by atoms with Gasteiger partial charge in [-0.25, -0.2) is 15.0 Å². The molecular formula is C33H26N4OS2. The average Bonchev–Trinajstić information content (AvgIpc) is 3.74. The normalized spacial score (nSPS) is 12.4. The van der Waals surface area contributed by atoms with Crippen LogP contribution in [-0.4, -0.2) is 19.5 Å². The number of benzene rings is 4. The van der Waals surface area contributed by atoms with Crippen LogP contribution in [0.15, 0.2) is 76.1 Å². The van der Waals surface area contributed by atoms with Crippen LogP contribution in [0, 0.1) is 0 Å². The summed E-state index contributed by atoms with van der Waals surface area (Å²) in [7, 11) is 0. The molecule has 0 radical (unpaired) electrons. The Hall–Kier alpha value is -4.07. The van der Waals surface area contributed by atoms with Crippen molar-refractivity contribution in [1.82, 2.24) is 19.5 Å². The number of nitrogens with zero attached hydrogens (tertiary/aromatic N) is 4. The van der Waals surface area contributed by atoms with Crippen molar-refractivity contribution < 1.29 is 4.42 Å². The number of imidazole rings is 1. The third-order valence-corrected chi connectivity index (χ3v) is 9.55. The zero-order valence-electron chi connectivity index (χ0n) is 22.6. The van der Waals surface area contributed by atoms with E-state index in [0.29, 0.717) is 11.8 Å². The Morgan fingerprint density at radius 1 is 0.725 bits per heavy atom. The largest absolute Gasteiger partial charge is 0.454 e. The van der Waals surface area contributed by atoms with Gasteiger partial charge in [0.1, 0.15) is 22.4 Å². The first-order valence-corrected chi connectivity index (χ1v) is 15.3. The zero-order valence-corrected chi connectivity index (χ0v) is 24.2. The van der Waals surface area contributed by atoms with E-state index in [2.05, 4.69) is 103 Å². The molecule has 0 aliphatic carbocycles. The number of aromatic nitrogens is 4. The summed E-state index contributed by atoms with van der Waals surface area (Å²) in [6, 6.07) is 21.6. The molecule has 4 aromatic heterocycles. The van der Waals surface area contributed by atoms with Crippen LogP contribution in [-0.2, 0) is 0 Å². The maximum absolute atomic E-state index is 6.83. The lowest BCUT2D eigenvalue weighted by atomic mass is 9.92. The molecular weight excluding hydrogens is 533 g/mol. The van der Waals surface area contributed by atoms with Crippen molar-refractivity contribution in [1.29, 1.82) is 0 Å². The maximum Gasteiger partial charge on any atom is 0.156 e. The van der Waals surface area contributed by atoms with Crippen molar-refractivity contribution in [2.45, 2.75) is 39.5 Å². The number of hydrogen-bond donors (Lipinski definition) is 0. The lowest BCUT2D eigenvalue weighted by Crippen LogP contribution is -2.08. The van der Waals surface area contributed by atoms with Gasteiger partial charge < -0.3 is 4.42 Å². The fraction of sp³-hybridized carbons (Fsp3) is 0.182. The SMILES string of the molecule is CC(C)c1cccc(C(C)C)c1-n1c(-c2cccc3c2oc2c4scnc4c4ncsc4c32)nc2ccccc21. The van der Waals surface area contributed by atoms with Gasteiger partial charge in [-0.1, -0.05) is 70.2 Å². The number of para-hydroxylation sites is 4. The van der Waals surface area contributed by atoms with E-state index in [1.165, 1.54) is 16.8 Å². The highest BCUT2D eigenvalue weighted by molar-refractivity contribution is 7.20. The molecule has 0 unspecified atom stereocenters. The minimum atomic E-state index is 0.351. The Morgan fingerprint density at radius 2 is 1.40 bits per heavy atom.